The van der Waals surface area contributed by atoms with Gasteiger partial charge in [0.1, 0.15) is 5.82 Å². The van der Waals surface area contributed by atoms with Gasteiger partial charge in [-0.15, -0.1) is 0 Å². The van der Waals surface area contributed by atoms with E-state index < -0.39 is 0 Å². The molecule has 1 N–H and O–H groups in total. The molecule has 0 radical (unpaired) electrons. The number of nitrogens with zero attached hydrogens (tertiary/aromatic N) is 1. The van der Waals surface area contributed by atoms with Gasteiger partial charge in [0.25, 0.3) is 0 Å². The molecule has 2 nitrogen and oxygen atoms in total. The molecule has 0 bridgehead atoms. The molecule has 1 aliphatic rings. The third-order valence-electron chi connectivity index (χ3n) is 5.70. The highest BCUT2D eigenvalue weighted by Gasteiger charge is 2.44. The van der Waals surface area contributed by atoms with Crippen LogP contribution in [0, 0.1) is 11.7 Å². The van der Waals surface area contributed by atoms with Crippen molar-refractivity contribution in [1.29, 1.82) is 0 Å². The molecule has 1 aliphatic carbocycles. The van der Waals surface area contributed by atoms with Crippen molar-refractivity contribution in [3.05, 3.63) is 70.5 Å². The Kier molecular flexibility index (Phi) is 6.01. The molecular weight excluding hydrogens is 349 g/mol. The van der Waals surface area contributed by atoms with Gasteiger partial charge in [0.2, 0.25) is 0 Å². The van der Waals surface area contributed by atoms with Gasteiger partial charge in [-0.1, -0.05) is 35.9 Å². The molecule has 0 amide bonds. The minimum absolute atomic E-state index is 0.120. The van der Waals surface area contributed by atoms with Crippen LogP contribution in [-0.4, -0.2) is 36.8 Å². The molecule has 4 heteroatoms. The summed E-state index contributed by atoms with van der Waals surface area (Å²) >= 11 is 6.06. The van der Waals surface area contributed by atoms with E-state index in [4.69, 9.17) is 11.6 Å². The van der Waals surface area contributed by atoms with Crippen molar-refractivity contribution in [2.45, 2.75) is 37.2 Å². The van der Waals surface area contributed by atoms with Crippen molar-refractivity contribution in [2.24, 2.45) is 5.92 Å². The van der Waals surface area contributed by atoms with Gasteiger partial charge >= 0.3 is 0 Å². The Morgan fingerprint density at radius 2 is 1.77 bits per heavy atom. The molecule has 0 saturated heterocycles. The summed E-state index contributed by atoms with van der Waals surface area (Å²) in [5.41, 5.74) is 2.26. The van der Waals surface area contributed by atoms with Crippen LogP contribution in [0.3, 0.4) is 0 Å². The first kappa shape index (κ1) is 19.3. The molecule has 3 atom stereocenters. The topological polar surface area (TPSA) is 23.5 Å². The van der Waals surface area contributed by atoms with Crippen LogP contribution in [0.2, 0.25) is 5.02 Å². The van der Waals surface area contributed by atoms with Crippen molar-refractivity contribution in [3.63, 3.8) is 0 Å². The summed E-state index contributed by atoms with van der Waals surface area (Å²) in [6.07, 6.45) is 3.03. The van der Waals surface area contributed by atoms with Gasteiger partial charge in [-0.3, -0.25) is 0 Å². The van der Waals surface area contributed by atoms with E-state index in [0.29, 0.717) is 5.92 Å². The molecule has 1 saturated carbocycles. The average molecular weight is 376 g/mol. The third kappa shape index (κ3) is 4.28. The molecule has 3 unspecified atom stereocenters. The van der Waals surface area contributed by atoms with E-state index in [1.54, 1.807) is 12.1 Å². The number of benzene rings is 2. The van der Waals surface area contributed by atoms with Crippen LogP contribution in [-0.2, 0) is 11.8 Å². The van der Waals surface area contributed by atoms with E-state index in [9.17, 15) is 9.50 Å². The van der Waals surface area contributed by atoms with Gasteiger partial charge in [0.05, 0.1) is 6.10 Å². The summed E-state index contributed by atoms with van der Waals surface area (Å²) in [4.78, 5) is 2.18. The van der Waals surface area contributed by atoms with Crippen molar-refractivity contribution >= 4 is 11.6 Å². The molecule has 0 heterocycles. The van der Waals surface area contributed by atoms with Crippen molar-refractivity contribution < 1.29 is 9.50 Å². The average Bonchev–Trinajstić information content (AvgIpc) is 2.60. The second-order valence-electron chi connectivity index (χ2n) is 7.85. The Bertz CT molecular complexity index is 714. The van der Waals surface area contributed by atoms with E-state index in [-0.39, 0.29) is 17.3 Å². The Hall–Kier alpha value is -1.42. The number of aliphatic hydroxyl groups is 1. The molecule has 0 spiro atoms. The minimum atomic E-state index is -0.265. The largest absolute Gasteiger partial charge is 0.393 e. The zero-order valence-corrected chi connectivity index (χ0v) is 16.2. The zero-order chi connectivity index (χ0) is 18.7. The van der Waals surface area contributed by atoms with Crippen LogP contribution in [0.25, 0.3) is 0 Å². The summed E-state index contributed by atoms with van der Waals surface area (Å²) in [6, 6.07) is 14.9. The molecule has 140 valence electrons. The lowest BCUT2D eigenvalue weighted by atomic mass is 9.59. The molecular formula is C22H27ClFNO. The second-order valence-corrected chi connectivity index (χ2v) is 8.29. The van der Waals surface area contributed by atoms with Gasteiger partial charge in [-0.25, -0.2) is 4.39 Å². The van der Waals surface area contributed by atoms with E-state index >= 15 is 0 Å². The van der Waals surface area contributed by atoms with E-state index in [0.717, 1.165) is 42.8 Å². The maximum Gasteiger partial charge on any atom is 0.123 e. The highest BCUT2D eigenvalue weighted by atomic mass is 35.5. The summed E-state index contributed by atoms with van der Waals surface area (Å²) in [5.74, 6) is 0.0813. The van der Waals surface area contributed by atoms with Crippen LogP contribution < -0.4 is 0 Å². The molecule has 2 aromatic carbocycles. The minimum Gasteiger partial charge on any atom is -0.393 e. The first-order valence-corrected chi connectivity index (χ1v) is 9.60. The van der Waals surface area contributed by atoms with Crippen molar-refractivity contribution in [2.75, 3.05) is 20.6 Å². The quantitative estimate of drug-likeness (QED) is 0.820. The number of halogens is 2. The standard InChI is InChI=1S/C22H27ClFNO/c1-25(2)15-18-13-21(26)11-12-22(18,17-5-9-20(24)10-6-17)14-16-3-7-19(23)8-4-16/h3-10,18,21,26H,11-15H2,1-2H3. The maximum absolute atomic E-state index is 13.6. The Morgan fingerprint density at radius 3 is 2.38 bits per heavy atom. The van der Waals surface area contributed by atoms with Gasteiger partial charge in [0.15, 0.2) is 0 Å². The maximum atomic E-state index is 13.6. The molecule has 2 aromatic rings. The van der Waals surface area contributed by atoms with Crippen LogP contribution in [0.5, 0.6) is 0 Å². The number of rotatable bonds is 5. The molecule has 1 fully saturated rings. The molecule has 3 rings (SSSR count). The highest BCUT2D eigenvalue weighted by Crippen LogP contribution is 2.46. The lowest BCUT2D eigenvalue weighted by molar-refractivity contribution is 0.0381. The Labute approximate surface area is 160 Å². The fraction of sp³-hybridized carbons (Fsp3) is 0.455. The van der Waals surface area contributed by atoms with Crippen molar-refractivity contribution in [1.82, 2.24) is 4.90 Å². The van der Waals surface area contributed by atoms with Crippen molar-refractivity contribution in [3.8, 4) is 0 Å². The normalized spacial score (nSPS) is 26.2. The second kappa shape index (κ2) is 8.08. The number of hydrogen-bond donors (Lipinski definition) is 1. The van der Waals surface area contributed by atoms with E-state index in [1.165, 1.54) is 5.56 Å². The predicted octanol–water partition coefficient (Wildman–Crippen LogP) is 4.68. The Balaban J connectivity index is 2.04. The van der Waals surface area contributed by atoms with E-state index in [1.807, 2.05) is 24.3 Å². The van der Waals surface area contributed by atoms with Crippen LogP contribution in [0.4, 0.5) is 4.39 Å². The smallest absolute Gasteiger partial charge is 0.123 e. The number of hydrogen-bond acceptors (Lipinski definition) is 2. The fourth-order valence-corrected chi connectivity index (χ4v) is 4.58. The van der Waals surface area contributed by atoms with Gasteiger partial charge < -0.3 is 10.0 Å². The highest BCUT2D eigenvalue weighted by molar-refractivity contribution is 6.30. The first-order valence-electron chi connectivity index (χ1n) is 9.22. The molecule has 0 aliphatic heterocycles. The third-order valence-corrected chi connectivity index (χ3v) is 5.95. The Morgan fingerprint density at radius 1 is 1.12 bits per heavy atom. The summed E-state index contributed by atoms with van der Waals surface area (Å²) in [6.45, 7) is 0.891. The van der Waals surface area contributed by atoms with Crippen LogP contribution in [0.15, 0.2) is 48.5 Å². The first-order chi connectivity index (χ1) is 12.4. The monoisotopic (exact) mass is 375 g/mol. The summed E-state index contributed by atoms with van der Waals surface area (Å²) < 4.78 is 13.6. The van der Waals surface area contributed by atoms with Crippen LogP contribution in [0.1, 0.15) is 30.4 Å². The van der Waals surface area contributed by atoms with Crippen LogP contribution >= 0.6 is 11.6 Å². The van der Waals surface area contributed by atoms with Gasteiger partial charge in [-0.2, -0.15) is 0 Å². The van der Waals surface area contributed by atoms with Gasteiger partial charge in [-0.05, 0) is 81.1 Å². The predicted molar refractivity (Wildman–Crippen MR) is 105 cm³/mol. The van der Waals surface area contributed by atoms with E-state index in [2.05, 4.69) is 31.1 Å². The lowest BCUT2D eigenvalue weighted by Crippen LogP contribution is -2.47. The molecule has 0 aromatic heterocycles. The molecule has 26 heavy (non-hydrogen) atoms. The van der Waals surface area contributed by atoms with Gasteiger partial charge in [0, 0.05) is 17.0 Å². The zero-order valence-electron chi connectivity index (χ0n) is 15.5. The number of aliphatic hydroxyl groups excluding tert-OH is 1. The SMILES string of the molecule is CN(C)CC1CC(O)CCC1(Cc1ccc(Cl)cc1)c1ccc(F)cc1. The summed E-state index contributed by atoms with van der Waals surface area (Å²) in [5, 5.41) is 11.1. The fourth-order valence-electron chi connectivity index (χ4n) is 4.45. The lowest BCUT2D eigenvalue weighted by Gasteiger charge is -2.47. The summed E-state index contributed by atoms with van der Waals surface area (Å²) in [7, 11) is 4.14.